The number of ether oxygens (including phenoxy) is 2. The summed E-state index contributed by atoms with van der Waals surface area (Å²) in [7, 11) is 1.31. The van der Waals surface area contributed by atoms with Gasteiger partial charge in [0, 0.05) is 0 Å². The van der Waals surface area contributed by atoms with E-state index in [0.717, 1.165) is 5.56 Å². The number of methoxy groups -OCH3 is 1. The Bertz CT molecular complexity index is 690. The Labute approximate surface area is 125 Å². The van der Waals surface area contributed by atoms with Crippen LogP contribution < -0.4 is 5.73 Å². The number of aryl methyl sites for hydroxylation is 1. The van der Waals surface area contributed by atoms with Gasteiger partial charge in [-0.1, -0.05) is 0 Å². The number of hydrogen-bond donors (Lipinski definition) is 1. The van der Waals surface area contributed by atoms with E-state index in [2.05, 4.69) is 4.98 Å². The number of rotatable bonds is 4. The molecule has 2 rings (SSSR count). The summed E-state index contributed by atoms with van der Waals surface area (Å²) < 4.78 is 11.1. The lowest BCUT2D eigenvalue weighted by molar-refractivity contribution is 0.0520. The lowest BCUT2D eigenvalue weighted by atomic mass is 10.2. The molecule has 0 aliphatic carbocycles. The molecule has 21 heavy (non-hydrogen) atoms. The fourth-order valence-corrected chi connectivity index (χ4v) is 2.82. The van der Waals surface area contributed by atoms with Crippen molar-refractivity contribution in [3.8, 4) is 5.69 Å². The number of imidazole rings is 1. The first-order valence-corrected chi connectivity index (χ1v) is 7.05. The number of anilines is 1. The van der Waals surface area contributed by atoms with Crippen LogP contribution in [0.2, 0.25) is 0 Å². The molecule has 7 nitrogen and oxygen atoms in total. The van der Waals surface area contributed by atoms with Gasteiger partial charge in [-0.3, -0.25) is 4.57 Å². The van der Waals surface area contributed by atoms with Crippen molar-refractivity contribution >= 4 is 29.1 Å². The van der Waals surface area contributed by atoms with Gasteiger partial charge in [0.1, 0.15) is 17.0 Å². The Morgan fingerprint density at radius 3 is 2.76 bits per heavy atom. The van der Waals surface area contributed by atoms with Crippen molar-refractivity contribution in [2.45, 2.75) is 13.8 Å². The number of nitrogen functional groups attached to an aromatic ring is 1. The van der Waals surface area contributed by atoms with Crippen LogP contribution in [0, 0.1) is 6.92 Å². The summed E-state index contributed by atoms with van der Waals surface area (Å²) in [6.45, 7) is 3.77. The molecule has 2 aromatic rings. The van der Waals surface area contributed by atoms with Gasteiger partial charge in [-0.25, -0.2) is 14.6 Å². The highest BCUT2D eigenvalue weighted by Crippen LogP contribution is 2.29. The van der Waals surface area contributed by atoms with Gasteiger partial charge in [-0.2, -0.15) is 0 Å². The molecule has 0 aromatic carbocycles. The zero-order valence-corrected chi connectivity index (χ0v) is 12.7. The second kappa shape index (κ2) is 5.96. The molecule has 0 radical (unpaired) electrons. The third-order valence-corrected chi connectivity index (χ3v) is 3.89. The highest BCUT2D eigenvalue weighted by molar-refractivity contribution is 7.12. The maximum absolute atomic E-state index is 11.8. The fraction of sp³-hybridized carbons (Fsp3) is 0.308. The van der Waals surface area contributed by atoms with Crippen molar-refractivity contribution in [2.24, 2.45) is 0 Å². The predicted octanol–water partition coefficient (Wildman–Crippen LogP) is 1.79. The molecule has 112 valence electrons. The highest BCUT2D eigenvalue weighted by Gasteiger charge is 2.23. The van der Waals surface area contributed by atoms with E-state index >= 15 is 0 Å². The molecule has 2 aromatic heterocycles. The number of aromatic nitrogens is 2. The third-order valence-electron chi connectivity index (χ3n) is 2.83. The van der Waals surface area contributed by atoms with Crippen LogP contribution in [-0.2, 0) is 9.47 Å². The predicted molar refractivity (Wildman–Crippen MR) is 77.9 cm³/mol. The molecule has 0 spiro atoms. The minimum atomic E-state index is -0.596. The van der Waals surface area contributed by atoms with Gasteiger partial charge in [-0.05, 0) is 24.8 Å². The first-order chi connectivity index (χ1) is 10.0. The van der Waals surface area contributed by atoms with Gasteiger partial charge in [0.25, 0.3) is 0 Å². The normalized spacial score (nSPS) is 10.4. The zero-order valence-electron chi connectivity index (χ0n) is 11.9. The van der Waals surface area contributed by atoms with E-state index in [9.17, 15) is 9.59 Å². The van der Waals surface area contributed by atoms with Crippen molar-refractivity contribution in [1.29, 1.82) is 0 Å². The van der Waals surface area contributed by atoms with E-state index in [1.165, 1.54) is 29.3 Å². The Hall–Kier alpha value is -2.35. The van der Waals surface area contributed by atoms with Gasteiger partial charge in [0.05, 0.1) is 19.4 Å². The summed E-state index contributed by atoms with van der Waals surface area (Å²) in [6.07, 6.45) is 1.39. The van der Waals surface area contributed by atoms with Crippen LogP contribution >= 0.6 is 11.3 Å². The molecule has 2 heterocycles. The van der Waals surface area contributed by atoms with Crippen LogP contribution in [0.25, 0.3) is 5.69 Å². The minimum absolute atomic E-state index is 0.0262. The number of carbonyl (C=O) groups excluding carboxylic acids is 2. The minimum Gasteiger partial charge on any atom is -0.465 e. The van der Waals surface area contributed by atoms with Crippen molar-refractivity contribution in [3.05, 3.63) is 27.8 Å². The molecule has 0 saturated heterocycles. The molecular formula is C13H15N3O4S. The monoisotopic (exact) mass is 309 g/mol. The molecule has 0 amide bonds. The molecule has 0 atom stereocenters. The molecule has 0 aliphatic rings. The summed E-state index contributed by atoms with van der Waals surface area (Å²) >= 11 is 1.25. The lowest BCUT2D eigenvalue weighted by Gasteiger charge is -2.08. The molecule has 0 saturated carbocycles. The Kier molecular flexibility index (Phi) is 4.27. The van der Waals surface area contributed by atoms with Gasteiger partial charge in [0.2, 0.25) is 0 Å². The van der Waals surface area contributed by atoms with Crippen molar-refractivity contribution in [1.82, 2.24) is 9.55 Å². The summed E-state index contributed by atoms with van der Waals surface area (Å²) in [5.41, 5.74) is 7.38. The van der Waals surface area contributed by atoms with Crippen LogP contribution in [0.5, 0.6) is 0 Å². The first kappa shape index (κ1) is 15.0. The second-order valence-corrected chi connectivity index (χ2v) is 5.04. The topological polar surface area (TPSA) is 96.4 Å². The van der Waals surface area contributed by atoms with Gasteiger partial charge >= 0.3 is 11.9 Å². The van der Waals surface area contributed by atoms with E-state index in [0.29, 0.717) is 10.6 Å². The molecule has 0 aliphatic heterocycles. The van der Waals surface area contributed by atoms with Crippen LogP contribution in [0.4, 0.5) is 5.82 Å². The number of thiophene rings is 1. The summed E-state index contributed by atoms with van der Waals surface area (Å²) in [5, 5.41) is 1.81. The van der Waals surface area contributed by atoms with E-state index in [4.69, 9.17) is 15.2 Å². The van der Waals surface area contributed by atoms with Crippen LogP contribution in [0.1, 0.15) is 32.6 Å². The number of nitrogens with zero attached hydrogens (tertiary/aromatic N) is 2. The van der Waals surface area contributed by atoms with Gasteiger partial charge in [0.15, 0.2) is 5.69 Å². The van der Waals surface area contributed by atoms with E-state index < -0.39 is 11.9 Å². The lowest BCUT2D eigenvalue weighted by Crippen LogP contribution is -2.11. The fourth-order valence-electron chi connectivity index (χ4n) is 1.87. The van der Waals surface area contributed by atoms with E-state index in [1.807, 2.05) is 12.3 Å². The molecule has 0 fully saturated rings. The molecule has 0 bridgehead atoms. The Balaban J connectivity index is 2.51. The third kappa shape index (κ3) is 2.62. The molecule has 8 heteroatoms. The average Bonchev–Trinajstić information content (AvgIpc) is 3.01. The average molecular weight is 309 g/mol. The molecular weight excluding hydrogens is 294 g/mol. The standard InChI is InChI=1S/C13H15N3O4S/c1-4-20-12(17)8-11(14)16(6-15-8)9-7(2)5-21-10(9)13(18)19-3/h5-6H,4,14H2,1-3H3. The zero-order chi connectivity index (χ0) is 15.6. The first-order valence-electron chi connectivity index (χ1n) is 6.17. The molecule has 0 unspecified atom stereocenters. The van der Waals surface area contributed by atoms with E-state index in [1.54, 1.807) is 6.92 Å². The van der Waals surface area contributed by atoms with Crippen LogP contribution in [0.3, 0.4) is 0 Å². The largest absolute Gasteiger partial charge is 0.465 e. The van der Waals surface area contributed by atoms with Crippen LogP contribution in [0.15, 0.2) is 11.7 Å². The summed E-state index contributed by atoms with van der Waals surface area (Å²) in [5.74, 6) is -0.935. The van der Waals surface area contributed by atoms with Crippen molar-refractivity contribution < 1.29 is 19.1 Å². The second-order valence-electron chi connectivity index (χ2n) is 4.16. The quantitative estimate of drug-likeness (QED) is 0.865. The number of carbonyl (C=O) groups is 2. The van der Waals surface area contributed by atoms with Crippen LogP contribution in [-0.4, -0.2) is 35.2 Å². The van der Waals surface area contributed by atoms with Gasteiger partial charge < -0.3 is 15.2 Å². The number of nitrogens with two attached hydrogens (primary N) is 1. The summed E-state index contributed by atoms with van der Waals surface area (Å²) in [6, 6.07) is 0. The maximum Gasteiger partial charge on any atom is 0.360 e. The smallest absolute Gasteiger partial charge is 0.360 e. The maximum atomic E-state index is 11.8. The highest BCUT2D eigenvalue weighted by atomic mass is 32.1. The number of esters is 2. The van der Waals surface area contributed by atoms with Gasteiger partial charge in [-0.15, -0.1) is 11.3 Å². The SMILES string of the molecule is CCOC(=O)c1ncn(-c2c(C)csc2C(=O)OC)c1N. The van der Waals surface area contributed by atoms with E-state index in [-0.39, 0.29) is 18.1 Å². The van der Waals surface area contributed by atoms with Crippen molar-refractivity contribution in [2.75, 3.05) is 19.5 Å². The number of hydrogen-bond acceptors (Lipinski definition) is 7. The Morgan fingerprint density at radius 1 is 1.43 bits per heavy atom. The summed E-state index contributed by atoms with van der Waals surface area (Å²) in [4.78, 5) is 27.9. The molecule has 2 N–H and O–H groups in total. The Morgan fingerprint density at radius 2 is 2.14 bits per heavy atom. The van der Waals surface area contributed by atoms with Crippen molar-refractivity contribution in [3.63, 3.8) is 0 Å².